The lowest BCUT2D eigenvalue weighted by atomic mass is 10.3. The van der Waals surface area contributed by atoms with Crippen molar-refractivity contribution in [2.24, 2.45) is 0 Å². The van der Waals surface area contributed by atoms with Crippen molar-refractivity contribution < 1.29 is 9.67 Å². The molecule has 48 valence electrons. The van der Waals surface area contributed by atoms with Crippen LogP contribution in [0, 0.1) is 0 Å². The van der Waals surface area contributed by atoms with Gasteiger partial charge in [0, 0.05) is 0 Å². The molecular weight excluding hydrogens is 123 g/mol. The molecule has 0 bridgehead atoms. The molecule has 0 aliphatic heterocycles. The molecule has 0 aliphatic carbocycles. The van der Waals surface area contributed by atoms with Crippen molar-refractivity contribution in [3.8, 4) is 0 Å². The summed E-state index contributed by atoms with van der Waals surface area (Å²) >= 11 is 0. The Hall–Kier alpha value is 0.0600. The average Bonchev–Trinajstić information content (AvgIpc) is 1.83. The van der Waals surface area contributed by atoms with E-state index in [2.05, 4.69) is 0 Å². The van der Waals surface area contributed by atoms with E-state index < -0.39 is 5.85 Å². The molecule has 3 heteroatoms. The molecule has 0 radical (unpaired) electrons. The molecule has 0 saturated carbocycles. The molecule has 0 rings (SSSR count). The van der Waals surface area contributed by atoms with E-state index in [1.54, 1.807) is 0 Å². The van der Waals surface area contributed by atoms with Crippen molar-refractivity contribution in [3.05, 3.63) is 0 Å². The Labute approximate surface area is 51.1 Å². The molecule has 8 heavy (non-hydrogen) atoms. The predicted octanol–water partition coefficient (Wildman–Crippen LogP) is 1.79. The van der Waals surface area contributed by atoms with Crippen LogP contribution in [0.2, 0.25) is 0 Å². The maximum absolute atomic E-state index is 9.86. The fraction of sp³-hybridized carbons (Fsp3) is 1.00. The minimum Gasteiger partial charge on any atom is -0.381 e. The lowest BCUT2D eigenvalue weighted by Crippen LogP contribution is -1.93. The Morgan fingerprint density at radius 1 is 1.75 bits per heavy atom. The summed E-state index contributed by atoms with van der Waals surface area (Å²) in [5, 5.41) is 8.66. The second-order valence-electron chi connectivity index (χ2n) is 1.73. The first-order valence-electron chi connectivity index (χ1n) is 2.81. The molecule has 1 N–H and O–H groups in total. The third-order valence-corrected chi connectivity index (χ3v) is 1.44. The van der Waals surface area contributed by atoms with Gasteiger partial charge in [-0.1, -0.05) is 19.8 Å². The van der Waals surface area contributed by atoms with E-state index in [0.29, 0.717) is 6.42 Å². The van der Waals surface area contributed by atoms with E-state index >= 15 is 0 Å². The van der Waals surface area contributed by atoms with Crippen LogP contribution in [0.4, 0.5) is 0 Å². The maximum atomic E-state index is 9.86. The molecular formula is C5H11O2P. The van der Waals surface area contributed by atoms with Crippen molar-refractivity contribution >= 4 is 8.46 Å². The molecule has 0 aliphatic rings. The van der Waals surface area contributed by atoms with Crippen molar-refractivity contribution in [3.63, 3.8) is 0 Å². The zero-order valence-corrected chi connectivity index (χ0v) is 5.90. The molecule has 0 heterocycles. The van der Waals surface area contributed by atoms with E-state index in [1.165, 1.54) is 0 Å². The van der Waals surface area contributed by atoms with E-state index in [9.17, 15) is 4.57 Å². The van der Waals surface area contributed by atoms with Crippen LogP contribution in [0.5, 0.6) is 0 Å². The molecule has 0 spiro atoms. The van der Waals surface area contributed by atoms with E-state index in [4.69, 9.17) is 5.11 Å². The minimum atomic E-state index is -0.630. The molecule has 0 amide bonds. The van der Waals surface area contributed by atoms with Gasteiger partial charge in [0.25, 0.3) is 0 Å². The van der Waals surface area contributed by atoms with Crippen LogP contribution in [0.15, 0.2) is 0 Å². The molecule has 1 unspecified atom stereocenters. The van der Waals surface area contributed by atoms with Crippen LogP contribution in [0.1, 0.15) is 26.2 Å². The summed E-state index contributed by atoms with van der Waals surface area (Å²) in [6.07, 6.45) is 2.66. The van der Waals surface area contributed by atoms with Gasteiger partial charge in [-0.2, -0.15) is 0 Å². The average molecular weight is 134 g/mol. The van der Waals surface area contributed by atoms with Gasteiger partial charge < -0.3 is 5.11 Å². The van der Waals surface area contributed by atoms with Gasteiger partial charge in [0.1, 0.15) is 5.85 Å². The number of hydrogen-bond donors (Lipinski definition) is 1. The van der Waals surface area contributed by atoms with Gasteiger partial charge in [0.2, 0.25) is 0 Å². The fourth-order valence-corrected chi connectivity index (χ4v) is 0.727. The summed E-state index contributed by atoms with van der Waals surface area (Å²) in [6, 6.07) is 0. The van der Waals surface area contributed by atoms with E-state index in [1.807, 2.05) is 6.92 Å². The highest BCUT2D eigenvalue weighted by Crippen LogP contribution is 2.09. The van der Waals surface area contributed by atoms with Gasteiger partial charge in [-0.25, -0.2) is 0 Å². The lowest BCUT2D eigenvalue weighted by molar-refractivity contribution is 0.241. The number of aliphatic hydroxyl groups is 1. The second kappa shape index (κ2) is 5.20. The monoisotopic (exact) mass is 134 g/mol. The molecule has 2 nitrogen and oxygen atoms in total. The molecule has 0 fully saturated rings. The summed E-state index contributed by atoms with van der Waals surface area (Å²) in [5.41, 5.74) is 0. The highest BCUT2D eigenvalue weighted by Gasteiger charge is 1.98. The first-order chi connectivity index (χ1) is 3.81. The Morgan fingerprint density at radius 3 is 2.75 bits per heavy atom. The van der Waals surface area contributed by atoms with Crippen molar-refractivity contribution in [1.82, 2.24) is 0 Å². The van der Waals surface area contributed by atoms with Crippen molar-refractivity contribution in [1.29, 1.82) is 0 Å². The molecule has 0 aromatic carbocycles. The Bertz CT molecular complexity index is 65.4. The summed E-state index contributed by atoms with van der Waals surface area (Å²) in [7, 11) is -0.141. The third kappa shape index (κ3) is 4.23. The highest BCUT2D eigenvalue weighted by atomic mass is 31.1. The predicted molar refractivity (Wildman–Crippen MR) is 33.1 cm³/mol. The standard InChI is InChI=1S/C5H11O2P/c1-2-3-4-5(6)8-7/h5-6H,2-4H2,1H3. The summed E-state index contributed by atoms with van der Waals surface area (Å²) in [6.45, 7) is 2.04. The van der Waals surface area contributed by atoms with Gasteiger partial charge in [-0.05, 0) is 6.42 Å². The van der Waals surface area contributed by atoms with Crippen LogP contribution in [-0.4, -0.2) is 11.0 Å². The quantitative estimate of drug-likeness (QED) is 0.595. The second-order valence-corrected chi connectivity index (χ2v) is 2.54. The van der Waals surface area contributed by atoms with Crippen LogP contribution in [0.3, 0.4) is 0 Å². The van der Waals surface area contributed by atoms with Gasteiger partial charge >= 0.3 is 0 Å². The van der Waals surface area contributed by atoms with E-state index in [-0.39, 0.29) is 8.46 Å². The van der Waals surface area contributed by atoms with Crippen LogP contribution >= 0.6 is 8.46 Å². The first kappa shape index (κ1) is 8.06. The van der Waals surface area contributed by atoms with Gasteiger partial charge in [0.15, 0.2) is 8.46 Å². The number of unbranched alkanes of at least 4 members (excludes halogenated alkanes) is 1. The SMILES string of the molecule is CCCCC(O)P=O. The number of aliphatic hydroxyl groups excluding tert-OH is 1. The van der Waals surface area contributed by atoms with E-state index in [0.717, 1.165) is 12.8 Å². The molecule has 0 aromatic heterocycles. The smallest absolute Gasteiger partial charge is 0.187 e. The lowest BCUT2D eigenvalue weighted by Gasteiger charge is -1.96. The molecule has 0 saturated heterocycles. The molecule has 1 atom stereocenters. The summed E-state index contributed by atoms with van der Waals surface area (Å²) in [4.78, 5) is 0. The molecule has 0 aromatic rings. The highest BCUT2D eigenvalue weighted by molar-refractivity contribution is 7.24. The van der Waals surface area contributed by atoms with Gasteiger partial charge in [0.05, 0.1) is 0 Å². The Balaban J connectivity index is 2.98. The fourth-order valence-electron chi connectivity index (χ4n) is 0.439. The minimum absolute atomic E-state index is 0.141. The zero-order valence-electron chi connectivity index (χ0n) is 5.00. The zero-order chi connectivity index (χ0) is 6.41. The van der Waals surface area contributed by atoms with Crippen molar-refractivity contribution in [2.75, 3.05) is 0 Å². The van der Waals surface area contributed by atoms with Crippen molar-refractivity contribution in [2.45, 2.75) is 32.0 Å². The normalized spacial score (nSPS) is 14.2. The largest absolute Gasteiger partial charge is 0.381 e. The third-order valence-electron chi connectivity index (χ3n) is 0.938. The first-order valence-corrected chi connectivity index (χ1v) is 3.70. The Kier molecular flexibility index (Phi) is 5.24. The van der Waals surface area contributed by atoms with Gasteiger partial charge in [-0.15, -0.1) is 0 Å². The van der Waals surface area contributed by atoms with Crippen LogP contribution in [0.25, 0.3) is 0 Å². The summed E-state index contributed by atoms with van der Waals surface area (Å²) in [5.74, 6) is -0.630. The maximum Gasteiger partial charge on any atom is 0.187 e. The Morgan fingerprint density at radius 2 is 2.38 bits per heavy atom. The van der Waals surface area contributed by atoms with Gasteiger partial charge in [-0.3, -0.25) is 4.57 Å². The number of hydrogen-bond acceptors (Lipinski definition) is 2. The van der Waals surface area contributed by atoms with Crippen LogP contribution < -0.4 is 0 Å². The topological polar surface area (TPSA) is 37.3 Å². The van der Waals surface area contributed by atoms with Crippen LogP contribution in [-0.2, 0) is 4.57 Å². The number of rotatable bonds is 4. The summed E-state index contributed by atoms with van der Waals surface area (Å²) < 4.78 is 9.86.